The van der Waals surface area contributed by atoms with Crippen LogP contribution in [-0.2, 0) is 11.3 Å². The number of benzene rings is 2. The molecule has 0 aliphatic rings. The Kier molecular flexibility index (Phi) is 6.68. The molecule has 1 amide bonds. The molecule has 10 heteroatoms. The number of hydrogen-bond donors (Lipinski definition) is 4. The van der Waals surface area contributed by atoms with Crippen LogP contribution in [0.3, 0.4) is 0 Å². The van der Waals surface area contributed by atoms with Gasteiger partial charge in [-0.15, -0.1) is 0 Å². The highest BCUT2D eigenvalue weighted by Gasteiger charge is 2.22. The van der Waals surface area contributed by atoms with Crippen LogP contribution in [0.25, 0.3) is 11.1 Å². The number of aromatic nitrogens is 1. The first kappa shape index (κ1) is 21.3. The number of amides is 1. The minimum absolute atomic E-state index is 0.0978. The molecule has 0 fully saturated rings. The number of nitrogens with one attached hydrogen (secondary N) is 2. The van der Waals surface area contributed by atoms with E-state index in [1.807, 2.05) is 35.5 Å². The smallest absolute Gasteiger partial charge is 0.333 e. The molecule has 1 heterocycles. The summed E-state index contributed by atoms with van der Waals surface area (Å²) in [4.78, 5) is 34.4. The normalized spacial score (nSPS) is 12.0. The van der Waals surface area contributed by atoms with E-state index in [4.69, 9.17) is 21.2 Å². The zero-order valence-corrected chi connectivity index (χ0v) is 16.3. The summed E-state index contributed by atoms with van der Waals surface area (Å²) in [6.45, 7) is -0.285. The van der Waals surface area contributed by atoms with Crippen LogP contribution in [0.4, 0.5) is 0 Å². The van der Waals surface area contributed by atoms with Gasteiger partial charge in [-0.2, -0.15) is 5.16 Å². The van der Waals surface area contributed by atoms with Gasteiger partial charge in [-0.05, 0) is 28.8 Å². The number of carboxylic acid groups (broad SMARTS) is 1. The number of aliphatic hydroxyl groups is 1. The van der Waals surface area contributed by atoms with E-state index in [0.29, 0.717) is 5.02 Å². The third-order valence-electron chi connectivity index (χ3n) is 4.17. The molecule has 9 nitrogen and oxygen atoms in total. The number of halogens is 1. The Morgan fingerprint density at radius 3 is 2.47 bits per heavy atom. The molecule has 0 radical (unpaired) electrons. The summed E-state index contributed by atoms with van der Waals surface area (Å²) >= 11 is 6.02. The van der Waals surface area contributed by atoms with E-state index in [1.165, 1.54) is 5.01 Å². The van der Waals surface area contributed by atoms with Gasteiger partial charge in [0.05, 0.1) is 12.6 Å². The average molecular weight is 432 g/mol. The number of rotatable bonds is 8. The summed E-state index contributed by atoms with van der Waals surface area (Å²) in [6.07, 6.45) is -1.73. The van der Waals surface area contributed by atoms with Crippen molar-refractivity contribution in [1.29, 1.82) is 0 Å². The van der Waals surface area contributed by atoms with Crippen molar-refractivity contribution in [3.8, 4) is 11.1 Å². The van der Waals surface area contributed by atoms with Crippen LogP contribution in [0.5, 0.6) is 0 Å². The van der Waals surface area contributed by atoms with E-state index in [1.54, 1.807) is 18.2 Å². The van der Waals surface area contributed by atoms with E-state index in [-0.39, 0.29) is 18.8 Å². The van der Waals surface area contributed by atoms with Crippen LogP contribution in [-0.4, -0.2) is 44.9 Å². The lowest BCUT2D eigenvalue weighted by molar-refractivity contribution is -0.148. The SMILES string of the molecule is O=C(NN(Cc1ccc(-c2cccc(Cl)c2)cc1)CC(O)C(=O)O)c1cc(=O)[nH]o1. The molecule has 0 aliphatic heterocycles. The molecular formula is C20H18ClN3O6. The zero-order chi connectivity index (χ0) is 21.7. The Labute approximate surface area is 175 Å². The van der Waals surface area contributed by atoms with Gasteiger partial charge in [0.2, 0.25) is 5.76 Å². The van der Waals surface area contributed by atoms with E-state index < -0.39 is 23.5 Å². The van der Waals surface area contributed by atoms with Gasteiger partial charge in [-0.25, -0.2) is 9.80 Å². The highest BCUT2D eigenvalue weighted by atomic mass is 35.5. The summed E-state index contributed by atoms with van der Waals surface area (Å²) in [7, 11) is 0. The number of aromatic amines is 1. The molecule has 1 atom stereocenters. The molecule has 0 bridgehead atoms. The minimum atomic E-state index is -1.73. The fourth-order valence-electron chi connectivity index (χ4n) is 2.72. The standard InChI is InChI=1S/C20H18ClN3O6/c21-15-3-1-2-14(8-15)13-6-4-12(5-7-13)10-24(11-16(25)20(28)29)22-19(27)17-9-18(26)23-30-17/h1-9,16,25H,10-11H2,(H,22,27)(H,23,26)(H,28,29). The van der Waals surface area contributed by atoms with E-state index in [9.17, 15) is 19.5 Å². The molecular weight excluding hydrogens is 414 g/mol. The van der Waals surface area contributed by atoms with Crippen LogP contribution in [0.15, 0.2) is 63.9 Å². The van der Waals surface area contributed by atoms with Gasteiger partial charge < -0.3 is 14.7 Å². The molecule has 2 aromatic carbocycles. The quantitative estimate of drug-likeness (QED) is 0.400. The lowest BCUT2D eigenvalue weighted by Gasteiger charge is -2.24. The Morgan fingerprint density at radius 2 is 1.87 bits per heavy atom. The second-order valence-electron chi connectivity index (χ2n) is 6.46. The number of aliphatic hydroxyl groups excluding tert-OH is 1. The van der Waals surface area contributed by atoms with Crippen molar-refractivity contribution in [1.82, 2.24) is 15.6 Å². The monoisotopic (exact) mass is 431 g/mol. The summed E-state index contributed by atoms with van der Waals surface area (Å²) in [5.41, 5.74) is 4.45. The predicted octanol–water partition coefficient (Wildman–Crippen LogP) is 1.88. The van der Waals surface area contributed by atoms with Crippen LogP contribution >= 0.6 is 11.6 Å². The lowest BCUT2D eigenvalue weighted by atomic mass is 10.0. The van der Waals surface area contributed by atoms with E-state index in [2.05, 4.69) is 5.43 Å². The lowest BCUT2D eigenvalue weighted by Crippen LogP contribution is -2.47. The molecule has 156 valence electrons. The maximum atomic E-state index is 12.2. The number of aliphatic carboxylic acids is 1. The van der Waals surface area contributed by atoms with Crippen LogP contribution in [0.1, 0.15) is 16.1 Å². The third kappa shape index (κ3) is 5.57. The Morgan fingerprint density at radius 1 is 1.13 bits per heavy atom. The summed E-state index contributed by atoms with van der Waals surface area (Å²) < 4.78 is 4.74. The van der Waals surface area contributed by atoms with Gasteiger partial charge in [0.25, 0.3) is 5.56 Å². The van der Waals surface area contributed by atoms with Crippen molar-refractivity contribution in [3.05, 3.63) is 81.3 Å². The molecule has 0 aliphatic carbocycles. The molecule has 30 heavy (non-hydrogen) atoms. The van der Waals surface area contributed by atoms with Crippen LogP contribution in [0, 0.1) is 0 Å². The molecule has 0 saturated heterocycles. The van der Waals surface area contributed by atoms with Gasteiger partial charge >= 0.3 is 11.9 Å². The first-order valence-corrected chi connectivity index (χ1v) is 9.20. The number of carbonyl (C=O) groups excluding carboxylic acids is 1. The summed E-state index contributed by atoms with van der Waals surface area (Å²) in [5.74, 6) is -2.47. The Balaban J connectivity index is 1.75. The van der Waals surface area contributed by atoms with E-state index in [0.717, 1.165) is 22.8 Å². The number of carbonyl (C=O) groups is 2. The summed E-state index contributed by atoms with van der Waals surface area (Å²) in [6, 6.07) is 15.7. The fourth-order valence-corrected chi connectivity index (χ4v) is 2.91. The van der Waals surface area contributed by atoms with E-state index >= 15 is 0 Å². The maximum absolute atomic E-state index is 12.2. The van der Waals surface area contributed by atoms with Gasteiger partial charge in [0.15, 0.2) is 6.10 Å². The molecule has 1 aromatic heterocycles. The Hall–Kier alpha value is -3.40. The molecule has 3 rings (SSSR count). The van der Waals surface area contributed by atoms with Gasteiger partial charge in [-0.1, -0.05) is 48.0 Å². The molecule has 3 aromatic rings. The van der Waals surface area contributed by atoms with Crippen LogP contribution in [0.2, 0.25) is 5.02 Å². The number of hydrazine groups is 1. The van der Waals surface area contributed by atoms with Gasteiger partial charge in [0.1, 0.15) is 0 Å². The number of carboxylic acids is 1. The van der Waals surface area contributed by atoms with Crippen molar-refractivity contribution in [2.75, 3.05) is 6.54 Å². The maximum Gasteiger partial charge on any atom is 0.333 e. The van der Waals surface area contributed by atoms with Gasteiger partial charge in [0, 0.05) is 11.6 Å². The Bertz CT molecular complexity index is 1090. The van der Waals surface area contributed by atoms with Crippen molar-refractivity contribution < 1.29 is 24.3 Å². The van der Waals surface area contributed by atoms with Crippen molar-refractivity contribution in [3.63, 3.8) is 0 Å². The molecule has 0 spiro atoms. The second kappa shape index (κ2) is 9.40. The first-order chi connectivity index (χ1) is 14.3. The topological polar surface area (TPSA) is 136 Å². The van der Waals surface area contributed by atoms with Crippen molar-refractivity contribution >= 4 is 23.5 Å². The zero-order valence-electron chi connectivity index (χ0n) is 15.5. The van der Waals surface area contributed by atoms with Crippen molar-refractivity contribution in [2.45, 2.75) is 12.6 Å². The largest absolute Gasteiger partial charge is 0.479 e. The number of H-pyrrole nitrogens is 1. The molecule has 1 unspecified atom stereocenters. The number of nitrogens with zero attached hydrogens (tertiary/aromatic N) is 1. The summed E-state index contributed by atoms with van der Waals surface area (Å²) in [5, 5.41) is 22.5. The third-order valence-corrected chi connectivity index (χ3v) is 4.41. The average Bonchev–Trinajstić information content (AvgIpc) is 3.15. The number of hydrogen-bond acceptors (Lipinski definition) is 6. The first-order valence-electron chi connectivity index (χ1n) is 8.82. The fraction of sp³-hybridized carbons (Fsp3) is 0.150. The molecule has 4 N–H and O–H groups in total. The minimum Gasteiger partial charge on any atom is -0.479 e. The second-order valence-corrected chi connectivity index (χ2v) is 6.90. The highest BCUT2D eigenvalue weighted by molar-refractivity contribution is 6.30. The molecule has 0 saturated carbocycles. The van der Waals surface area contributed by atoms with Crippen LogP contribution < -0.4 is 11.0 Å². The highest BCUT2D eigenvalue weighted by Crippen LogP contribution is 2.23. The predicted molar refractivity (Wildman–Crippen MR) is 108 cm³/mol. The van der Waals surface area contributed by atoms with Gasteiger partial charge in [-0.3, -0.25) is 15.0 Å². The van der Waals surface area contributed by atoms with Crippen molar-refractivity contribution in [2.24, 2.45) is 0 Å².